The largest absolute Gasteiger partial charge is 0.496 e. The van der Waals surface area contributed by atoms with Gasteiger partial charge in [0.1, 0.15) is 55.6 Å². The lowest BCUT2D eigenvalue weighted by Gasteiger charge is -2.24. The van der Waals surface area contributed by atoms with Gasteiger partial charge in [-0.25, -0.2) is 9.59 Å². The summed E-state index contributed by atoms with van der Waals surface area (Å²) in [5.74, 6) is 1.74. The normalized spacial score (nSPS) is 21.2. The van der Waals surface area contributed by atoms with Crippen LogP contribution in [0, 0.1) is 0 Å². The fraction of sp³-hybridized carbons (Fsp3) is 0.529. The molecule has 16 nitrogen and oxygen atoms in total. The number of hydrogen-bond acceptors (Lipinski definition) is 16. The number of ether oxygens (including phenoxy) is 2. The molecule has 2 aliphatic heterocycles. The second-order valence-electron chi connectivity index (χ2n) is 12.4. The number of hydrogen-bond donors (Lipinski definition) is 4. The molecule has 4 N–H and O–H groups in total. The van der Waals surface area contributed by atoms with E-state index in [0.717, 1.165) is 12.8 Å². The van der Waals surface area contributed by atoms with Gasteiger partial charge in [0.05, 0.1) is 38.4 Å². The Balaban J connectivity index is 0.000000280. The highest BCUT2D eigenvalue weighted by atomic mass is 32.2. The number of aliphatic imine (C=N–C) groups is 2. The van der Waals surface area contributed by atoms with E-state index in [1.165, 1.54) is 49.9 Å². The highest BCUT2D eigenvalue weighted by molar-refractivity contribution is 8.16. The molecule has 18 heteroatoms. The summed E-state index contributed by atoms with van der Waals surface area (Å²) in [6.45, 7) is 10.6. The molecular formula is C34H46N6O10S2. The number of nitrogens with one attached hydrogen (secondary N) is 2. The van der Waals surface area contributed by atoms with Crippen LogP contribution < -0.4 is 31.4 Å². The van der Waals surface area contributed by atoms with Crippen molar-refractivity contribution < 1.29 is 38.3 Å². The quantitative estimate of drug-likeness (QED) is 0.117. The Morgan fingerprint density at radius 1 is 0.788 bits per heavy atom. The number of oxime groups is 2. The minimum Gasteiger partial charge on any atom is -0.496 e. The summed E-state index contributed by atoms with van der Waals surface area (Å²) in [4.78, 5) is 57.9. The Morgan fingerprint density at radius 3 is 1.46 bits per heavy atom. The molecule has 284 valence electrons. The molecule has 0 aliphatic carbocycles. The van der Waals surface area contributed by atoms with Gasteiger partial charge in [-0.15, -0.1) is 23.5 Å². The van der Waals surface area contributed by atoms with Crippen LogP contribution in [0.2, 0.25) is 0 Å². The van der Waals surface area contributed by atoms with E-state index in [1.54, 1.807) is 39.8 Å². The van der Waals surface area contributed by atoms with Crippen LogP contribution in [0.15, 0.2) is 63.0 Å². The van der Waals surface area contributed by atoms with E-state index in [-0.39, 0.29) is 11.8 Å². The van der Waals surface area contributed by atoms with Gasteiger partial charge in [0, 0.05) is 23.6 Å². The van der Waals surface area contributed by atoms with E-state index in [2.05, 4.69) is 30.9 Å². The molecule has 2 aliphatic rings. The first-order chi connectivity index (χ1) is 24.6. The fourth-order valence-corrected chi connectivity index (χ4v) is 7.24. The van der Waals surface area contributed by atoms with Crippen molar-refractivity contribution in [3.63, 3.8) is 0 Å². The van der Waals surface area contributed by atoms with Gasteiger partial charge in [0.15, 0.2) is 0 Å². The lowest BCUT2D eigenvalue weighted by atomic mass is 10.0. The van der Waals surface area contributed by atoms with Gasteiger partial charge in [0.25, 0.3) is 0 Å². The summed E-state index contributed by atoms with van der Waals surface area (Å²) in [7, 11) is 2.92. The van der Waals surface area contributed by atoms with Gasteiger partial charge >= 0.3 is 11.3 Å². The predicted octanol–water partition coefficient (Wildman–Crippen LogP) is 4.72. The first-order valence-electron chi connectivity index (χ1n) is 16.5. The van der Waals surface area contributed by atoms with E-state index in [4.69, 9.17) is 28.7 Å². The number of rotatable bonds is 14. The monoisotopic (exact) mass is 762 g/mol. The maximum absolute atomic E-state index is 12.8. The van der Waals surface area contributed by atoms with Gasteiger partial charge in [-0.2, -0.15) is 0 Å². The maximum Gasteiger partial charge on any atom is 0.339 e. The van der Waals surface area contributed by atoms with Gasteiger partial charge < -0.3 is 39.4 Å². The molecule has 2 aromatic heterocycles. The molecule has 0 saturated heterocycles. The molecule has 0 bridgehead atoms. The average Bonchev–Trinajstić information content (AvgIpc) is 3.74. The molecule has 4 atom stereocenters. The summed E-state index contributed by atoms with van der Waals surface area (Å²) in [6, 6.07) is 4.76. The van der Waals surface area contributed by atoms with Gasteiger partial charge in [-0.1, -0.05) is 37.0 Å². The Labute approximate surface area is 309 Å². The maximum atomic E-state index is 12.8. The molecular weight excluding hydrogens is 717 g/mol. The van der Waals surface area contributed by atoms with Crippen molar-refractivity contribution in [3.05, 3.63) is 56.6 Å². The average molecular weight is 763 g/mol. The number of nitrogens with zero attached hydrogens (tertiary/aromatic N) is 4. The van der Waals surface area contributed by atoms with Gasteiger partial charge in [0.2, 0.25) is 11.8 Å². The van der Waals surface area contributed by atoms with E-state index in [9.17, 15) is 19.2 Å². The molecule has 4 rings (SSSR count). The van der Waals surface area contributed by atoms with Gasteiger partial charge in [-0.05, 0) is 40.5 Å². The smallest absolute Gasteiger partial charge is 0.339 e. The minimum absolute atomic E-state index is 0.283. The van der Waals surface area contributed by atoms with Crippen molar-refractivity contribution in [1.29, 1.82) is 0 Å². The fourth-order valence-electron chi connectivity index (χ4n) is 4.99. The van der Waals surface area contributed by atoms with Crippen LogP contribution in [-0.4, -0.2) is 80.5 Å². The molecule has 0 spiro atoms. The number of amides is 2. The van der Waals surface area contributed by atoms with Crippen LogP contribution >= 0.6 is 23.5 Å². The van der Waals surface area contributed by atoms with Crippen molar-refractivity contribution in [2.24, 2.45) is 20.3 Å². The third-order valence-electron chi connectivity index (χ3n) is 8.02. The van der Waals surface area contributed by atoms with Crippen molar-refractivity contribution in [2.75, 3.05) is 25.7 Å². The zero-order chi connectivity index (χ0) is 38.6. The SMILES string of the molecule is CCC[C@@H](NC(=O)[C@]1(C)CSC(/C(C)=N/O)=N1)c1cc(OC)cc(=O)o1.CCC[C@@H](NC(=O)[C@]1(C)CSC(/C(C)=N\O)=N1)c1cc(OC)cc(=O)o1. The molecule has 0 radical (unpaired) electrons. The van der Waals surface area contributed by atoms with Crippen LogP contribution in [-0.2, 0) is 9.59 Å². The molecule has 0 unspecified atom stereocenters. The van der Waals surface area contributed by atoms with E-state index >= 15 is 0 Å². The molecule has 0 saturated carbocycles. The molecule has 52 heavy (non-hydrogen) atoms. The van der Waals surface area contributed by atoms with Gasteiger partial charge in [-0.3, -0.25) is 19.6 Å². The minimum atomic E-state index is -0.989. The predicted molar refractivity (Wildman–Crippen MR) is 201 cm³/mol. The van der Waals surface area contributed by atoms with Crippen LogP contribution in [0.5, 0.6) is 11.5 Å². The second kappa shape index (κ2) is 18.8. The van der Waals surface area contributed by atoms with E-state index in [1.807, 2.05) is 13.8 Å². The first-order valence-corrected chi connectivity index (χ1v) is 18.5. The molecule has 2 aromatic rings. The summed E-state index contributed by atoms with van der Waals surface area (Å²) in [6.07, 6.45) is 2.75. The number of methoxy groups -OCH3 is 2. The van der Waals surface area contributed by atoms with Crippen LogP contribution in [0.4, 0.5) is 0 Å². The Bertz CT molecular complexity index is 1710. The third kappa shape index (κ3) is 10.7. The number of carbonyl (C=O) groups excluding carboxylic acids is 2. The summed E-state index contributed by atoms with van der Waals surface area (Å²) in [5, 5.41) is 30.9. The Hall–Kier alpha value is -4.58. The summed E-state index contributed by atoms with van der Waals surface area (Å²) < 4.78 is 20.7. The van der Waals surface area contributed by atoms with E-state index < -0.39 is 34.4 Å². The lowest BCUT2D eigenvalue weighted by Crippen LogP contribution is -2.45. The van der Waals surface area contributed by atoms with Crippen LogP contribution in [0.3, 0.4) is 0 Å². The highest BCUT2D eigenvalue weighted by Crippen LogP contribution is 2.32. The third-order valence-corrected chi connectivity index (χ3v) is 10.8. The highest BCUT2D eigenvalue weighted by Gasteiger charge is 2.41. The van der Waals surface area contributed by atoms with Crippen molar-refractivity contribution in [3.8, 4) is 11.5 Å². The molecule has 0 aromatic carbocycles. The summed E-state index contributed by atoms with van der Waals surface area (Å²) in [5.41, 5.74) is -2.31. The topological polar surface area (TPSA) is 227 Å². The van der Waals surface area contributed by atoms with Crippen LogP contribution in [0.1, 0.15) is 90.8 Å². The van der Waals surface area contributed by atoms with E-state index in [0.29, 0.717) is 68.9 Å². The van der Waals surface area contributed by atoms with Crippen molar-refractivity contribution in [2.45, 2.75) is 90.4 Å². The number of thioether (sulfide) groups is 2. The zero-order valence-electron chi connectivity index (χ0n) is 30.5. The number of carbonyl (C=O) groups is 2. The lowest BCUT2D eigenvalue weighted by molar-refractivity contribution is -0.126. The first kappa shape index (κ1) is 41.8. The molecule has 4 heterocycles. The molecule has 2 amide bonds. The second-order valence-corrected chi connectivity index (χ2v) is 14.3. The van der Waals surface area contributed by atoms with Crippen LogP contribution in [0.25, 0.3) is 0 Å². The molecule has 0 fully saturated rings. The zero-order valence-corrected chi connectivity index (χ0v) is 32.1. The Morgan fingerprint density at radius 2 is 1.15 bits per heavy atom. The van der Waals surface area contributed by atoms with Crippen molar-refractivity contribution in [1.82, 2.24) is 10.6 Å². The Kier molecular flexibility index (Phi) is 15.1. The summed E-state index contributed by atoms with van der Waals surface area (Å²) >= 11 is 2.72. The standard InChI is InChI=1S/2C17H23N3O5S/c2*1-5-6-12(13-7-11(24-4)8-14(21)25-13)18-16(22)17(3)9-26-15(19-17)10(2)20-23/h2*7-8,12,23H,5-6,9H2,1-4H3,(H,18,22)/b20-10+;20-10-/t2*12-,17+/m11/s1. The van der Waals surface area contributed by atoms with Crippen molar-refractivity contribution >= 4 is 56.8 Å².